The highest BCUT2D eigenvalue weighted by atomic mass is 32.2. The van der Waals surface area contributed by atoms with Crippen molar-refractivity contribution in [3.63, 3.8) is 0 Å². The minimum atomic E-state index is -3.53. The van der Waals surface area contributed by atoms with Crippen molar-refractivity contribution in [2.75, 3.05) is 6.61 Å². The Morgan fingerprint density at radius 2 is 0.888 bits per heavy atom. The van der Waals surface area contributed by atoms with Crippen LogP contribution in [-0.4, -0.2) is 135 Å². The fourth-order valence-electron chi connectivity index (χ4n) is 23.3. The molecule has 542 valence electrons. The minimum Gasteiger partial charge on any atom is -0.481 e. The maximum Gasteiger partial charge on any atom is 0.344 e. The monoisotopic (exact) mass is 1390 g/mol. The number of esters is 6. The van der Waals surface area contributed by atoms with Gasteiger partial charge in [0.15, 0.2) is 12.7 Å². The lowest BCUT2D eigenvalue weighted by Gasteiger charge is -2.61. The number of aliphatic hydroxyl groups is 1. The SMILES string of the molecule is C=C(C)C(=O)OC1(C(C)C)C2CC3CC(C2)CC1C3.C=C(C)C(=O)OC12CC3CC(C1)CC(C(=O)O)(C3)C2.C=C(C)C(=O)OC12CC3CC(C1)CC(OC(C)C(=O)O)(C3)C2.C=C(C)C(=O)OC12CC3CC(CC(O)(C3)C1)C2.C=C(C)C(=O)OCC(=O)OC1C2CC3C1OS(=O)(=O)C3C2. The first kappa shape index (κ1) is 73.5. The van der Waals surface area contributed by atoms with E-state index in [9.17, 15) is 57.0 Å². The molecule has 0 aromatic heterocycles. The van der Waals surface area contributed by atoms with Crippen LogP contribution in [0.25, 0.3) is 0 Å². The van der Waals surface area contributed by atoms with Crippen molar-refractivity contribution in [1.82, 2.24) is 0 Å². The van der Waals surface area contributed by atoms with Gasteiger partial charge in [0, 0.05) is 59.0 Å². The topological polar surface area (TPSA) is 305 Å². The van der Waals surface area contributed by atoms with Gasteiger partial charge >= 0.3 is 47.8 Å². The van der Waals surface area contributed by atoms with E-state index in [1.54, 1.807) is 34.6 Å². The van der Waals surface area contributed by atoms with Gasteiger partial charge in [-0.1, -0.05) is 46.7 Å². The van der Waals surface area contributed by atoms with E-state index in [4.69, 9.17) is 42.4 Å². The zero-order valence-corrected chi connectivity index (χ0v) is 59.7. The molecule has 21 nitrogen and oxygen atoms in total. The zero-order chi connectivity index (χ0) is 71.4. The van der Waals surface area contributed by atoms with Gasteiger partial charge in [-0.15, -0.1) is 0 Å². The van der Waals surface area contributed by atoms with Gasteiger partial charge in [-0.2, -0.15) is 8.42 Å². The van der Waals surface area contributed by atoms with E-state index in [0.717, 1.165) is 102 Å². The number of carbonyl (C=O) groups excluding carboxylic acids is 6. The largest absolute Gasteiger partial charge is 0.481 e. The summed E-state index contributed by atoms with van der Waals surface area (Å²) in [5, 5.41) is 28.8. The van der Waals surface area contributed by atoms with Crippen molar-refractivity contribution in [3.8, 4) is 0 Å². The molecule has 1 heterocycles. The van der Waals surface area contributed by atoms with E-state index in [-0.39, 0.29) is 46.9 Å². The predicted octanol–water partition coefficient (Wildman–Crippen LogP) is 11.5. The third-order valence-corrected chi connectivity index (χ3v) is 27.2. The summed E-state index contributed by atoms with van der Waals surface area (Å²) in [6.07, 6.45) is 21.2. The van der Waals surface area contributed by atoms with Gasteiger partial charge in [-0.25, -0.2) is 33.6 Å². The molecule has 1 aliphatic heterocycles. The number of rotatable bonds is 17. The Bertz CT molecular complexity index is 3340. The first-order valence-corrected chi connectivity index (χ1v) is 37.5. The first-order chi connectivity index (χ1) is 45.7. The second-order valence-corrected chi connectivity index (χ2v) is 36.1. The zero-order valence-electron chi connectivity index (χ0n) is 58.8. The second-order valence-electron chi connectivity index (χ2n) is 34.3. The highest BCUT2D eigenvalue weighted by molar-refractivity contribution is 7.87. The summed E-state index contributed by atoms with van der Waals surface area (Å²) in [6, 6.07) is 0. The van der Waals surface area contributed by atoms with Crippen molar-refractivity contribution in [2.45, 2.75) is 273 Å². The number of hydrogen-bond donors (Lipinski definition) is 3. The van der Waals surface area contributed by atoms with Crippen LogP contribution in [0.15, 0.2) is 60.8 Å². The van der Waals surface area contributed by atoms with E-state index in [1.807, 2.05) is 0 Å². The van der Waals surface area contributed by atoms with E-state index < -0.39 is 97.6 Å². The average Bonchev–Trinajstić information content (AvgIpc) is 1.65. The lowest BCUT2D eigenvalue weighted by Crippen LogP contribution is -2.62. The standard InChI is InChI=1S/C17H24O5.C17H26O2.C15H20O4.C14H20O3.C13H16O7S/c1-10(2)15(20)22-17-7-12-4-13(8-17)6-16(5-12,9-17)21-11(3)14(18)19;1-10(2)16(18)19-17(11(3)4)14-6-12-5-13(8-14)9-15(17)7-12;1-9(2)12(16)19-15-6-10-3-11(7-15)5-14(4-10,8-15)13(17)18;1-9(2)12(15)17-14-6-10-3-11(7-14)5-13(16,4-10)8-14;1-6(2)13(15)18-5-10(14)19-11-7-3-8-9(4-7)21(16,17)20-12(8)11/h11-13H,1,4-9H2,2-3H3,(H,18,19);11-15H,1,5-9H2,2-4H3;10-11H,1,3-8H2,2H3,(H,17,18);10-11,16H,1,3-8H2,2H3;7-9,11-12H,1,3-5H2,2H3. The molecule has 18 bridgehead atoms. The summed E-state index contributed by atoms with van der Waals surface area (Å²) in [4.78, 5) is 93.4. The van der Waals surface area contributed by atoms with E-state index in [1.165, 1.54) is 45.4 Å². The number of hydrogen-bond acceptors (Lipinski definition) is 19. The van der Waals surface area contributed by atoms with Crippen LogP contribution in [0.3, 0.4) is 0 Å². The summed E-state index contributed by atoms with van der Waals surface area (Å²) in [6.45, 7) is 31.8. The minimum absolute atomic E-state index is 0.00284. The molecule has 0 aromatic carbocycles. The summed E-state index contributed by atoms with van der Waals surface area (Å²) in [7, 11) is -3.53. The van der Waals surface area contributed by atoms with Gasteiger partial charge in [0.05, 0.1) is 21.9 Å². The molecule has 0 aromatic rings. The summed E-state index contributed by atoms with van der Waals surface area (Å²) in [5.41, 5.74) is -1.33. The lowest BCUT2D eigenvalue weighted by molar-refractivity contribution is -0.243. The number of carboxylic acid groups (broad SMARTS) is 2. The molecule has 1 saturated heterocycles. The molecule has 0 spiro atoms. The Balaban J connectivity index is 0.000000124. The molecule has 22 heteroatoms. The van der Waals surface area contributed by atoms with E-state index >= 15 is 0 Å². The molecular formula is C76H106O21S. The summed E-state index contributed by atoms with van der Waals surface area (Å²) in [5.74, 6) is 1.89. The average molecular weight is 1390 g/mol. The maximum absolute atomic E-state index is 12.1. The van der Waals surface area contributed by atoms with Gasteiger partial charge < -0.3 is 48.5 Å². The number of aliphatic carboxylic acids is 2. The lowest BCUT2D eigenvalue weighted by atomic mass is 9.47. The predicted molar refractivity (Wildman–Crippen MR) is 356 cm³/mol. The number of ether oxygens (including phenoxy) is 7. The fraction of sp³-hybridized carbons (Fsp3) is 0.763. The molecule has 12 unspecified atom stereocenters. The molecule has 0 radical (unpaired) electrons. The van der Waals surface area contributed by atoms with Gasteiger partial charge in [0.25, 0.3) is 10.1 Å². The highest BCUT2D eigenvalue weighted by Crippen LogP contribution is 2.66. The number of carboxylic acids is 2. The van der Waals surface area contributed by atoms with Crippen molar-refractivity contribution in [2.24, 2.45) is 82.3 Å². The Hall–Kier alpha value is -5.71. The normalized spacial score (nSPS) is 42.2. The first-order valence-electron chi connectivity index (χ1n) is 36.0. The molecule has 19 aliphatic rings. The van der Waals surface area contributed by atoms with Crippen LogP contribution in [-0.2, 0) is 85.8 Å². The van der Waals surface area contributed by atoms with Crippen molar-refractivity contribution >= 4 is 57.9 Å². The fourth-order valence-corrected chi connectivity index (χ4v) is 25.2. The van der Waals surface area contributed by atoms with Crippen LogP contribution in [0.4, 0.5) is 0 Å². The molecule has 19 fully saturated rings. The van der Waals surface area contributed by atoms with Crippen LogP contribution in [0, 0.1) is 82.3 Å². The van der Waals surface area contributed by atoms with Crippen LogP contribution < -0.4 is 0 Å². The van der Waals surface area contributed by atoms with Gasteiger partial charge in [0.1, 0.15) is 34.6 Å². The van der Waals surface area contributed by atoms with Crippen molar-refractivity contribution in [3.05, 3.63) is 60.8 Å². The maximum atomic E-state index is 12.1. The van der Waals surface area contributed by atoms with Crippen molar-refractivity contribution in [1.29, 1.82) is 0 Å². The van der Waals surface area contributed by atoms with Gasteiger partial charge in [-0.05, 0) is 248 Å². The van der Waals surface area contributed by atoms with Crippen molar-refractivity contribution < 1.29 is 99.4 Å². The summed E-state index contributed by atoms with van der Waals surface area (Å²) < 4.78 is 67.8. The van der Waals surface area contributed by atoms with Crippen LogP contribution in [0.5, 0.6) is 0 Å². The quantitative estimate of drug-likeness (QED) is 0.0527. The second kappa shape index (κ2) is 26.9. The van der Waals surface area contributed by atoms with E-state index in [2.05, 4.69) is 46.7 Å². The third kappa shape index (κ3) is 14.7. The number of carbonyl (C=O) groups is 8. The van der Waals surface area contributed by atoms with E-state index in [0.29, 0.717) is 108 Å². The summed E-state index contributed by atoms with van der Waals surface area (Å²) >= 11 is 0. The molecule has 0 amide bonds. The van der Waals surface area contributed by atoms with Crippen LogP contribution in [0.2, 0.25) is 0 Å². The molecular weight excluding hydrogens is 1280 g/mol. The Labute approximate surface area is 577 Å². The van der Waals surface area contributed by atoms with Crippen LogP contribution >= 0.6 is 0 Å². The Morgan fingerprint density at radius 1 is 0.490 bits per heavy atom. The number of fused-ring (bicyclic) bond motifs is 1. The van der Waals surface area contributed by atoms with Gasteiger partial charge in [-0.3, -0.25) is 8.98 Å². The van der Waals surface area contributed by atoms with Crippen LogP contribution in [0.1, 0.15) is 216 Å². The highest BCUT2D eigenvalue weighted by Gasteiger charge is 2.67. The van der Waals surface area contributed by atoms with Gasteiger partial charge in [0.2, 0.25) is 0 Å². The molecule has 98 heavy (non-hydrogen) atoms. The molecule has 18 aliphatic carbocycles. The molecule has 18 saturated carbocycles. The third-order valence-electron chi connectivity index (χ3n) is 25.4. The molecule has 3 N–H and O–H groups in total. The Kier molecular flexibility index (Phi) is 20.2. The molecule has 19 rings (SSSR count). The molecule has 12 atom stereocenters. The Morgan fingerprint density at radius 3 is 1.31 bits per heavy atom. The smallest absolute Gasteiger partial charge is 0.344 e.